The number of ether oxygens (including phenoxy) is 2. The summed E-state index contributed by atoms with van der Waals surface area (Å²) in [6.07, 6.45) is 0.292. The summed E-state index contributed by atoms with van der Waals surface area (Å²) in [5.41, 5.74) is 1.52. The van der Waals surface area contributed by atoms with Crippen LogP contribution in [0.1, 0.15) is 43.3 Å². The molecule has 1 aromatic heterocycles. The van der Waals surface area contributed by atoms with E-state index in [2.05, 4.69) is 20.3 Å². The van der Waals surface area contributed by atoms with E-state index in [-0.39, 0.29) is 23.8 Å². The van der Waals surface area contributed by atoms with Gasteiger partial charge in [-0.25, -0.2) is 14.1 Å². The van der Waals surface area contributed by atoms with Crippen LogP contribution in [0.4, 0.5) is 21.1 Å². The normalized spacial score (nSPS) is 16.5. The van der Waals surface area contributed by atoms with Crippen molar-refractivity contribution < 1.29 is 18.7 Å². The molecule has 4 rings (SSSR count). The highest BCUT2D eigenvalue weighted by molar-refractivity contribution is 5.88. The number of amides is 1. The molecule has 0 radical (unpaired) electrons. The van der Waals surface area contributed by atoms with Crippen LogP contribution in [0.2, 0.25) is 0 Å². The van der Waals surface area contributed by atoms with Gasteiger partial charge >= 0.3 is 6.09 Å². The molecule has 0 aliphatic carbocycles. The standard InChI is InChI=1S/C24H26FN5O3/c1-5-18-13-32-24(31)30(18)23-28-16(4)27-22(29-23)26-15(3)17-6-8-19(9-7-17)33-20-10-11-21(25)14(2)12-20/h6-12,15,18H,5,13H2,1-4H3,(H,26,27,28,29)/t15-,18-/m0/s1. The number of rotatable bonds is 7. The van der Waals surface area contributed by atoms with Crippen molar-refractivity contribution in [3.8, 4) is 11.5 Å². The summed E-state index contributed by atoms with van der Waals surface area (Å²) in [6, 6.07) is 12.0. The van der Waals surface area contributed by atoms with E-state index in [1.54, 1.807) is 26.0 Å². The number of nitrogens with one attached hydrogen (secondary N) is 1. The van der Waals surface area contributed by atoms with E-state index in [0.717, 1.165) is 12.0 Å². The first-order valence-corrected chi connectivity index (χ1v) is 10.8. The van der Waals surface area contributed by atoms with Crippen LogP contribution in [0.3, 0.4) is 0 Å². The highest BCUT2D eigenvalue weighted by Crippen LogP contribution is 2.27. The average molecular weight is 452 g/mol. The van der Waals surface area contributed by atoms with Crippen molar-refractivity contribution in [3.05, 3.63) is 65.2 Å². The smallest absolute Gasteiger partial charge is 0.417 e. The summed E-state index contributed by atoms with van der Waals surface area (Å²) in [5.74, 6) is 2.12. The van der Waals surface area contributed by atoms with Crippen LogP contribution in [0.15, 0.2) is 42.5 Å². The maximum absolute atomic E-state index is 13.5. The van der Waals surface area contributed by atoms with Crippen molar-refractivity contribution in [1.29, 1.82) is 0 Å². The zero-order chi connectivity index (χ0) is 23.5. The molecule has 1 fully saturated rings. The third-order valence-electron chi connectivity index (χ3n) is 5.47. The second-order valence-electron chi connectivity index (χ2n) is 7.96. The van der Waals surface area contributed by atoms with Crippen LogP contribution in [-0.2, 0) is 4.74 Å². The predicted octanol–water partition coefficient (Wildman–Crippen LogP) is 5.33. The minimum absolute atomic E-state index is 0.0954. The number of hydrogen-bond donors (Lipinski definition) is 1. The SMILES string of the molecule is CC[C@H]1COC(=O)N1c1nc(C)nc(N[C@@H](C)c2ccc(Oc3ccc(F)c(C)c3)cc2)n1. The number of aromatic nitrogens is 3. The third-order valence-corrected chi connectivity index (χ3v) is 5.47. The number of nitrogens with zero attached hydrogens (tertiary/aromatic N) is 4. The monoisotopic (exact) mass is 451 g/mol. The molecular weight excluding hydrogens is 425 g/mol. The number of benzene rings is 2. The first kappa shape index (κ1) is 22.4. The number of halogens is 1. The van der Waals surface area contributed by atoms with Crippen LogP contribution in [0.5, 0.6) is 11.5 Å². The van der Waals surface area contributed by atoms with Crippen molar-refractivity contribution in [3.63, 3.8) is 0 Å². The van der Waals surface area contributed by atoms with Crippen LogP contribution in [0, 0.1) is 19.7 Å². The van der Waals surface area contributed by atoms with E-state index in [4.69, 9.17) is 9.47 Å². The van der Waals surface area contributed by atoms with E-state index >= 15 is 0 Å². The lowest BCUT2D eigenvalue weighted by atomic mass is 10.1. The van der Waals surface area contributed by atoms with Gasteiger partial charge in [0, 0.05) is 0 Å². The summed E-state index contributed by atoms with van der Waals surface area (Å²) in [4.78, 5) is 26.8. The molecule has 2 aromatic carbocycles. The summed E-state index contributed by atoms with van der Waals surface area (Å²) < 4.78 is 24.4. The molecule has 0 saturated carbocycles. The van der Waals surface area contributed by atoms with Gasteiger partial charge in [0.1, 0.15) is 29.7 Å². The zero-order valence-corrected chi connectivity index (χ0v) is 19.0. The van der Waals surface area contributed by atoms with Gasteiger partial charge in [0.15, 0.2) is 0 Å². The first-order chi connectivity index (χ1) is 15.8. The van der Waals surface area contributed by atoms with E-state index in [0.29, 0.717) is 35.4 Å². The molecule has 0 unspecified atom stereocenters. The van der Waals surface area contributed by atoms with Gasteiger partial charge in [-0.1, -0.05) is 19.1 Å². The minimum Gasteiger partial charge on any atom is -0.457 e. The van der Waals surface area contributed by atoms with E-state index < -0.39 is 6.09 Å². The van der Waals surface area contributed by atoms with Crippen LogP contribution in [0.25, 0.3) is 0 Å². The predicted molar refractivity (Wildman–Crippen MR) is 122 cm³/mol. The molecule has 1 aliphatic rings. The number of carbonyl (C=O) groups excluding carboxylic acids is 1. The van der Waals surface area contributed by atoms with Crippen LogP contribution < -0.4 is 15.0 Å². The maximum Gasteiger partial charge on any atom is 0.417 e. The Balaban J connectivity index is 1.47. The van der Waals surface area contributed by atoms with E-state index in [9.17, 15) is 9.18 Å². The number of cyclic esters (lactones) is 1. The Labute approximate surface area is 191 Å². The number of carbonyl (C=O) groups is 1. The van der Waals surface area contributed by atoms with Gasteiger partial charge in [0.2, 0.25) is 11.9 Å². The summed E-state index contributed by atoms with van der Waals surface area (Å²) in [5, 5.41) is 3.27. The van der Waals surface area contributed by atoms with Gasteiger partial charge in [-0.3, -0.25) is 0 Å². The number of hydrogen-bond acceptors (Lipinski definition) is 7. The molecule has 0 spiro atoms. The molecule has 1 aliphatic heterocycles. The van der Waals surface area contributed by atoms with Gasteiger partial charge in [-0.05, 0) is 68.7 Å². The Morgan fingerprint density at radius 1 is 1.15 bits per heavy atom. The fourth-order valence-electron chi connectivity index (χ4n) is 3.56. The molecule has 8 nitrogen and oxygen atoms in total. The Bertz CT molecular complexity index is 1160. The second kappa shape index (κ2) is 9.40. The number of anilines is 2. The van der Waals surface area contributed by atoms with Gasteiger partial charge in [0.05, 0.1) is 12.1 Å². The van der Waals surface area contributed by atoms with Crippen molar-refractivity contribution in [1.82, 2.24) is 15.0 Å². The number of aryl methyl sites for hydroxylation is 2. The fraction of sp³-hybridized carbons (Fsp3) is 0.333. The first-order valence-electron chi connectivity index (χ1n) is 10.8. The molecule has 9 heteroatoms. The van der Waals surface area contributed by atoms with Crippen molar-refractivity contribution in [2.75, 3.05) is 16.8 Å². The second-order valence-corrected chi connectivity index (χ2v) is 7.96. The molecule has 3 aromatic rings. The molecule has 1 amide bonds. The van der Waals surface area contributed by atoms with Gasteiger partial charge < -0.3 is 14.8 Å². The van der Waals surface area contributed by atoms with Crippen molar-refractivity contribution in [2.24, 2.45) is 0 Å². The lowest BCUT2D eigenvalue weighted by molar-refractivity contribution is 0.178. The third kappa shape index (κ3) is 5.02. The topological polar surface area (TPSA) is 89.5 Å². The largest absolute Gasteiger partial charge is 0.457 e. The summed E-state index contributed by atoms with van der Waals surface area (Å²) >= 11 is 0. The lowest BCUT2D eigenvalue weighted by Crippen LogP contribution is -2.34. The highest BCUT2D eigenvalue weighted by Gasteiger charge is 2.35. The molecule has 172 valence electrons. The molecule has 33 heavy (non-hydrogen) atoms. The quantitative estimate of drug-likeness (QED) is 0.519. The molecule has 2 atom stereocenters. The molecular formula is C24H26FN5O3. The Kier molecular flexibility index (Phi) is 6.39. The maximum atomic E-state index is 13.5. The highest BCUT2D eigenvalue weighted by atomic mass is 19.1. The Morgan fingerprint density at radius 3 is 2.58 bits per heavy atom. The van der Waals surface area contributed by atoms with Crippen LogP contribution in [-0.4, -0.2) is 33.7 Å². The van der Waals surface area contributed by atoms with Crippen molar-refractivity contribution >= 4 is 18.0 Å². The van der Waals surface area contributed by atoms with Crippen LogP contribution >= 0.6 is 0 Å². The zero-order valence-electron chi connectivity index (χ0n) is 19.0. The van der Waals surface area contributed by atoms with Crippen molar-refractivity contribution in [2.45, 2.75) is 46.2 Å². The average Bonchev–Trinajstić information content (AvgIpc) is 3.17. The summed E-state index contributed by atoms with van der Waals surface area (Å²) in [6.45, 7) is 7.75. The Hall–Kier alpha value is -3.75. The van der Waals surface area contributed by atoms with E-state index in [1.807, 2.05) is 38.1 Å². The Morgan fingerprint density at radius 2 is 1.88 bits per heavy atom. The lowest BCUT2D eigenvalue weighted by Gasteiger charge is -2.20. The summed E-state index contributed by atoms with van der Waals surface area (Å²) in [7, 11) is 0. The molecule has 1 saturated heterocycles. The van der Waals surface area contributed by atoms with Gasteiger partial charge in [-0.15, -0.1) is 0 Å². The van der Waals surface area contributed by atoms with Gasteiger partial charge in [-0.2, -0.15) is 15.0 Å². The molecule has 1 N–H and O–H groups in total. The fourth-order valence-corrected chi connectivity index (χ4v) is 3.56. The minimum atomic E-state index is -0.446. The molecule has 0 bridgehead atoms. The molecule has 2 heterocycles. The van der Waals surface area contributed by atoms with Gasteiger partial charge in [0.25, 0.3) is 0 Å². The van der Waals surface area contributed by atoms with E-state index in [1.165, 1.54) is 11.0 Å².